The molecule has 0 bridgehead atoms. The van der Waals surface area contributed by atoms with Crippen molar-refractivity contribution < 1.29 is 19.8 Å². The molecule has 1 aromatic heterocycles. The van der Waals surface area contributed by atoms with Crippen molar-refractivity contribution in [2.24, 2.45) is 0 Å². The van der Waals surface area contributed by atoms with Crippen LogP contribution in [0.25, 0.3) is 0 Å². The Morgan fingerprint density at radius 3 is 2.52 bits per heavy atom. The minimum absolute atomic E-state index is 0.0661. The molecule has 6 nitrogen and oxygen atoms in total. The number of hydrogen-bond donors (Lipinski definition) is 3. The lowest BCUT2D eigenvalue weighted by Gasteiger charge is -2.13. The maximum Gasteiger partial charge on any atom is 0.339 e. The van der Waals surface area contributed by atoms with Gasteiger partial charge in [-0.3, -0.25) is 4.79 Å². The number of hydrogen-bond acceptors (Lipinski definition) is 3. The van der Waals surface area contributed by atoms with Crippen LogP contribution in [-0.2, 0) is 0 Å². The van der Waals surface area contributed by atoms with Gasteiger partial charge >= 0.3 is 5.97 Å². The normalized spacial score (nSPS) is 10.6. The first-order chi connectivity index (χ1) is 9.91. The lowest BCUT2D eigenvalue weighted by atomic mass is 10.1. The zero-order valence-electron chi connectivity index (χ0n) is 11.7. The zero-order chi connectivity index (χ0) is 15.6. The van der Waals surface area contributed by atoms with E-state index in [0.717, 1.165) is 0 Å². The van der Waals surface area contributed by atoms with Crippen molar-refractivity contribution in [2.45, 2.75) is 19.9 Å². The third-order valence-electron chi connectivity index (χ3n) is 3.08. The fraction of sp³-hybridized carbons (Fsp3) is 0.200. The molecule has 0 fully saturated rings. The van der Waals surface area contributed by atoms with Gasteiger partial charge < -0.3 is 20.1 Å². The largest absolute Gasteiger partial charge is 0.505 e. The minimum Gasteiger partial charge on any atom is -0.505 e. The van der Waals surface area contributed by atoms with Gasteiger partial charge in [0, 0.05) is 12.2 Å². The summed E-state index contributed by atoms with van der Waals surface area (Å²) in [5, 5.41) is 21.4. The average molecular weight is 288 g/mol. The number of anilines is 1. The number of para-hydroxylation sites is 1. The van der Waals surface area contributed by atoms with Crippen molar-refractivity contribution >= 4 is 17.6 Å². The maximum atomic E-state index is 12.2. The molecule has 3 N–H and O–H groups in total. The predicted molar refractivity (Wildman–Crippen MR) is 77.8 cm³/mol. The summed E-state index contributed by atoms with van der Waals surface area (Å²) in [6.45, 7) is 3.89. The topological polar surface area (TPSA) is 91.6 Å². The summed E-state index contributed by atoms with van der Waals surface area (Å²) in [5.41, 5.74) is 0.244. The van der Waals surface area contributed by atoms with Crippen molar-refractivity contribution in [1.29, 1.82) is 0 Å². The van der Waals surface area contributed by atoms with Crippen LogP contribution in [0.1, 0.15) is 40.7 Å². The molecule has 0 saturated carbocycles. The summed E-state index contributed by atoms with van der Waals surface area (Å²) in [6, 6.07) is 7.70. The molecule has 1 amide bonds. The Hall–Kier alpha value is -2.76. The fourth-order valence-electron chi connectivity index (χ4n) is 2.04. The van der Waals surface area contributed by atoms with Gasteiger partial charge in [0.1, 0.15) is 11.3 Å². The maximum absolute atomic E-state index is 12.2. The van der Waals surface area contributed by atoms with Gasteiger partial charge in [0.05, 0.1) is 5.69 Å². The number of carbonyl (C=O) groups is 2. The minimum atomic E-state index is -1.26. The number of phenols is 1. The quantitative estimate of drug-likeness (QED) is 0.754. The van der Waals surface area contributed by atoms with Crippen molar-refractivity contribution in [3.05, 3.63) is 47.8 Å². The van der Waals surface area contributed by atoms with E-state index in [1.807, 2.05) is 13.8 Å². The monoisotopic (exact) mass is 288 g/mol. The SMILES string of the molecule is CC(C)n1cccc1C(=O)Nc1cccc(C(=O)O)c1O. The Bertz CT molecular complexity index is 689. The molecule has 21 heavy (non-hydrogen) atoms. The van der Waals surface area contributed by atoms with Gasteiger partial charge in [-0.2, -0.15) is 0 Å². The van der Waals surface area contributed by atoms with Gasteiger partial charge in [-0.1, -0.05) is 6.07 Å². The lowest BCUT2D eigenvalue weighted by Crippen LogP contribution is -2.18. The van der Waals surface area contributed by atoms with Gasteiger partial charge in [0.25, 0.3) is 5.91 Å². The molecule has 2 rings (SSSR count). The molecule has 0 atom stereocenters. The molecular weight excluding hydrogens is 272 g/mol. The number of nitrogens with zero attached hydrogens (tertiary/aromatic N) is 1. The zero-order valence-corrected chi connectivity index (χ0v) is 11.7. The third-order valence-corrected chi connectivity index (χ3v) is 3.08. The summed E-state index contributed by atoms with van der Waals surface area (Å²) >= 11 is 0. The molecule has 0 radical (unpaired) electrons. The Balaban J connectivity index is 2.30. The highest BCUT2D eigenvalue weighted by molar-refractivity contribution is 6.05. The summed E-state index contributed by atoms with van der Waals surface area (Å²) in [5.74, 6) is -2.12. The summed E-state index contributed by atoms with van der Waals surface area (Å²) in [4.78, 5) is 23.2. The second kappa shape index (κ2) is 5.70. The summed E-state index contributed by atoms with van der Waals surface area (Å²) in [6.07, 6.45) is 1.78. The number of carboxylic acids is 1. The first-order valence-electron chi connectivity index (χ1n) is 6.45. The van der Waals surface area contributed by atoms with Crippen LogP contribution in [0.2, 0.25) is 0 Å². The molecule has 2 aromatic rings. The number of aromatic hydroxyl groups is 1. The van der Waals surface area contributed by atoms with Crippen molar-refractivity contribution in [3.8, 4) is 5.75 Å². The Labute approximate surface area is 121 Å². The second-order valence-corrected chi connectivity index (χ2v) is 4.86. The van der Waals surface area contributed by atoms with Gasteiger partial charge in [0.2, 0.25) is 0 Å². The van der Waals surface area contributed by atoms with Gasteiger partial charge in [-0.05, 0) is 38.1 Å². The predicted octanol–water partition coefficient (Wildman–Crippen LogP) is 2.73. The van der Waals surface area contributed by atoms with E-state index >= 15 is 0 Å². The number of carbonyl (C=O) groups excluding carboxylic acids is 1. The molecule has 0 unspecified atom stereocenters. The van der Waals surface area contributed by atoms with Crippen molar-refractivity contribution in [3.63, 3.8) is 0 Å². The molecule has 0 spiro atoms. The molecular formula is C15H16N2O4. The van der Waals surface area contributed by atoms with E-state index in [4.69, 9.17) is 5.11 Å². The number of carboxylic acid groups (broad SMARTS) is 1. The van der Waals surface area contributed by atoms with E-state index < -0.39 is 17.6 Å². The highest BCUT2D eigenvalue weighted by Gasteiger charge is 2.17. The number of rotatable bonds is 4. The Kier molecular flexibility index (Phi) is 3.98. The van der Waals surface area contributed by atoms with Crippen molar-refractivity contribution in [2.75, 3.05) is 5.32 Å². The van der Waals surface area contributed by atoms with Crippen LogP contribution in [-0.4, -0.2) is 26.7 Å². The summed E-state index contributed by atoms with van der Waals surface area (Å²) in [7, 11) is 0. The first-order valence-corrected chi connectivity index (χ1v) is 6.45. The van der Waals surface area contributed by atoms with Crippen LogP contribution in [0, 0.1) is 0 Å². The molecule has 110 valence electrons. The number of amides is 1. The van der Waals surface area contributed by atoms with Gasteiger partial charge in [0.15, 0.2) is 5.75 Å². The molecule has 0 aliphatic carbocycles. The molecule has 0 saturated heterocycles. The molecule has 1 aromatic carbocycles. The molecule has 0 aliphatic heterocycles. The Morgan fingerprint density at radius 1 is 1.19 bits per heavy atom. The van der Waals surface area contributed by atoms with Gasteiger partial charge in [-0.15, -0.1) is 0 Å². The fourth-order valence-corrected chi connectivity index (χ4v) is 2.04. The number of nitrogens with one attached hydrogen (secondary N) is 1. The van der Waals surface area contributed by atoms with E-state index in [0.29, 0.717) is 5.69 Å². The summed E-state index contributed by atoms with van der Waals surface area (Å²) < 4.78 is 1.79. The second-order valence-electron chi connectivity index (χ2n) is 4.86. The smallest absolute Gasteiger partial charge is 0.339 e. The van der Waals surface area contributed by atoms with E-state index in [2.05, 4.69) is 5.32 Å². The standard InChI is InChI=1S/C15H16N2O4/c1-9(2)17-8-4-7-12(17)14(19)16-11-6-3-5-10(13(11)18)15(20)21/h3-9,18H,1-2H3,(H,16,19)(H,20,21). The van der Waals surface area contributed by atoms with Crippen LogP contribution < -0.4 is 5.32 Å². The van der Waals surface area contributed by atoms with Crippen molar-refractivity contribution in [1.82, 2.24) is 4.57 Å². The van der Waals surface area contributed by atoms with E-state index in [9.17, 15) is 14.7 Å². The van der Waals surface area contributed by atoms with E-state index in [1.165, 1.54) is 18.2 Å². The highest BCUT2D eigenvalue weighted by atomic mass is 16.4. The van der Waals surface area contributed by atoms with Gasteiger partial charge in [-0.25, -0.2) is 4.79 Å². The van der Waals surface area contributed by atoms with E-state index in [1.54, 1.807) is 22.9 Å². The van der Waals surface area contributed by atoms with E-state index in [-0.39, 0.29) is 17.3 Å². The van der Waals surface area contributed by atoms with Crippen LogP contribution >= 0.6 is 0 Å². The van der Waals surface area contributed by atoms with Crippen LogP contribution in [0.15, 0.2) is 36.5 Å². The van der Waals surface area contributed by atoms with Crippen LogP contribution in [0.4, 0.5) is 5.69 Å². The highest BCUT2D eigenvalue weighted by Crippen LogP contribution is 2.28. The lowest BCUT2D eigenvalue weighted by molar-refractivity contribution is 0.0693. The molecule has 6 heteroatoms. The third kappa shape index (κ3) is 2.89. The number of benzene rings is 1. The number of aromatic nitrogens is 1. The molecule has 0 aliphatic rings. The number of aromatic carboxylic acids is 1. The molecule has 1 heterocycles. The Morgan fingerprint density at radius 2 is 1.90 bits per heavy atom. The first kappa shape index (κ1) is 14.6. The van der Waals surface area contributed by atoms with Crippen LogP contribution in [0.3, 0.4) is 0 Å². The average Bonchev–Trinajstić information content (AvgIpc) is 2.90. The van der Waals surface area contributed by atoms with Crippen LogP contribution in [0.5, 0.6) is 5.75 Å².